The van der Waals surface area contributed by atoms with Crippen LogP contribution < -0.4 is 0 Å². The second kappa shape index (κ2) is 8.11. The van der Waals surface area contributed by atoms with E-state index in [9.17, 15) is 4.79 Å². The highest BCUT2D eigenvalue weighted by molar-refractivity contribution is 9.10. The minimum Gasteiger partial charge on any atom is -0.306 e. The van der Waals surface area contributed by atoms with E-state index in [0.29, 0.717) is 35.1 Å². The molecule has 156 valence electrons. The van der Waals surface area contributed by atoms with Gasteiger partial charge < -0.3 is 4.40 Å². The van der Waals surface area contributed by atoms with Gasteiger partial charge in [-0.25, -0.2) is 9.97 Å². The second-order valence-corrected chi connectivity index (χ2v) is 8.76. The van der Waals surface area contributed by atoms with Crippen molar-refractivity contribution in [2.24, 2.45) is 0 Å². The minimum absolute atomic E-state index is 0.0106. The topological polar surface area (TPSA) is 69.5 Å². The molecule has 0 radical (unpaired) electrons. The molecule has 5 rings (SSSR count). The summed E-state index contributed by atoms with van der Waals surface area (Å²) >= 11 is 15.8. The van der Waals surface area contributed by atoms with Gasteiger partial charge in [-0.2, -0.15) is 5.10 Å². The summed E-state index contributed by atoms with van der Waals surface area (Å²) in [6.07, 6.45) is 9.63. The lowest BCUT2D eigenvalue weighted by atomic mass is 10.1. The van der Waals surface area contributed by atoms with Crippen LogP contribution in [0.25, 0.3) is 11.2 Å². The van der Waals surface area contributed by atoms with E-state index >= 15 is 0 Å². The number of nitrogens with zero attached hydrogens (tertiary/aromatic N) is 6. The summed E-state index contributed by atoms with van der Waals surface area (Å²) < 4.78 is 6.19. The zero-order valence-corrected chi connectivity index (χ0v) is 19.1. The highest BCUT2D eigenvalue weighted by Gasteiger charge is 2.13. The number of carbonyl (C=O) groups is 1. The molecule has 0 fully saturated rings. The average molecular weight is 518 g/mol. The standard InChI is InChI=1S/C21H15BrCl2N6O/c22-16-1-4-20-27-15(11-30(20)21(16)24)10-29-9-13(8-26-29)19(31)3-2-17-18-7-14(23)5-6-28(18)12-25-17/h1,4-9,11-12H,2-3,10H2. The largest absolute Gasteiger partial charge is 0.306 e. The molecule has 0 unspecified atom stereocenters. The van der Waals surface area contributed by atoms with Gasteiger partial charge in [-0.15, -0.1) is 0 Å². The van der Waals surface area contributed by atoms with Gasteiger partial charge in [-0.05, 0) is 46.6 Å². The number of imidazole rings is 2. The molecule has 0 bridgehead atoms. The number of halogens is 3. The summed E-state index contributed by atoms with van der Waals surface area (Å²) in [7, 11) is 0. The highest BCUT2D eigenvalue weighted by atomic mass is 79.9. The number of aromatic nitrogens is 6. The predicted octanol–water partition coefficient (Wildman–Crippen LogP) is 5.11. The zero-order chi connectivity index (χ0) is 21.5. The number of carbonyl (C=O) groups excluding carboxylic acids is 1. The summed E-state index contributed by atoms with van der Waals surface area (Å²) in [5, 5.41) is 5.51. The van der Waals surface area contributed by atoms with Crippen LogP contribution >= 0.6 is 39.1 Å². The normalized spacial score (nSPS) is 11.6. The maximum Gasteiger partial charge on any atom is 0.166 e. The molecular weight excluding hydrogens is 503 g/mol. The Labute approximate surface area is 195 Å². The molecule has 5 heterocycles. The maximum atomic E-state index is 12.7. The van der Waals surface area contributed by atoms with Crippen molar-refractivity contribution in [3.05, 3.63) is 87.0 Å². The van der Waals surface area contributed by atoms with Gasteiger partial charge in [0.15, 0.2) is 5.78 Å². The molecule has 0 saturated carbocycles. The molecule has 0 aromatic carbocycles. The summed E-state index contributed by atoms with van der Waals surface area (Å²) in [5.41, 5.74) is 3.86. The van der Waals surface area contributed by atoms with E-state index in [1.807, 2.05) is 35.0 Å². The Bertz CT molecular complexity index is 1440. The summed E-state index contributed by atoms with van der Waals surface area (Å²) in [6, 6.07) is 7.39. The molecule has 0 atom stereocenters. The van der Waals surface area contributed by atoms with E-state index in [1.165, 1.54) is 0 Å². The van der Waals surface area contributed by atoms with Crippen molar-refractivity contribution < 1.29 is 4.79 Å². The Kier molecular flexibility index (Phi) is 5.29. The van der Waals surface area contributed by atoms with Gasteiger partial charge in [0.1, 0.15) is 10.8 Å². The fraction of sp³-hybridized carbons (Fsp3) is 0.143. The van der Waals surface area contributed by atoms with Crippen LogP contribution in [0.5, 0.6) is 0 Å². The first-order chi connectivity index (χ1) is 15.0. The maximum absolute atomic E-state index is 12.7. The first-order valence-electron chi connectivity index (χ1n) is 9.46. The lowest BCUT2D eigenvalue weighted by Crippen LogP contribution is -2.02. The van der Waals surface area contributed by atoms with E-state index < -0.39 is 0 Å². The molecular formula is C21H15BrCl2N6O. The van der Waals surface area contributed by atoms with Crippen LogP contribution in [0.4, 0.5) is 0 Å². The first kappa shape index (κ1) is 20.2. The molecule has 5 aromatic heterocycles. The molecule has 31 heavy (non-hydrogen) atoms. The summed E-state index contributed by atoms with van der Waals surface area (Å²) in [4.78, 5) is 21.6. The Morgan fingerprint density at radius 3 is 2.90 bits per heavy atom. The van der Waals surface area contributed by atoms with E-state index in [0.717, 1.165) is 27.0 Å². The number of hydrogen-bond acceptors (Lipinski definition) is 4. The lowest BCUT2D eigenvalue weighted by Gasteiger charge is -2.00. The van der Waals surface area contributed by atoms with Gasteiger partial charge in [0.05, 0.1) is 46.0 Å². The van der Waals surface area contributed by atoms with Crippen LogP contribution in [0.1, 0.15) is 28.2 Å². The monoisotopic (exact) mass is 516 g/mol. The smallest absolute Gasteiger partial charge is 0.166 e. The molecule has 0 aliphatic rings. The van der Waals surface area contributed by atoms with E-state index in [-0.39, 0.29) is 5.78 Å². The Morgan fingerprint density at radius 2 is 2.03 bits per heavy atom. The molecule has 7 nitrogen and oxygen atoms in total. The molecule has 0 N–H and O–H groups in total. The Morgan fingerprint density at radius 1 is 1.16 bits per heavy atom. The Balaban J connectivity index is 1.28. The van der Waals surface area contributed by atoms with Crippen molar-refractivity contribution in [1.82, 2.24) is 28.5 Å². The van der Waals surface area contributed by atoms with Crippen LogP contribution in [0.3, 0.4) is 0 Å². The fourth-order valence-corrected chi connectivity index (χ4v) is 4.15. The van der Waals surface area contributed by atoms with Gasteiger partial charge in [0.25, 0.3) is 0 Å². The average Bonchev–Trinajstić information content (AvgIpc) is 3.48. The Hall–Kier alpha value is -2.68. The number of aryl methyl sites for hydroxylation is 1. The SMILES string of the molecule is O=C(CCc1ncn2ccc(Cl)cc12)c1cnn(Cc2cn3c(Cl)c(Br)ccc3n2)c1. The molecule has 0 amide bonds. The number of ketones is 1. The first-order valence-corrected chi connectivity index (χ1v) is 11.0. The van der Waals surface area contributed by atoms with E-state index in [4.69, 9.17) is 23.2 Å². The van der Waals surface area contributed by atoms with Crippen LogP contribution in [0, 0.1) is 0 Å². The number of pyridine rings is 2. The van der Waals surface area contributed by atoms with Gasteiger partial charge in [-0.3, -0.25) is 13.9 Å². The van der Waals surface area contributed by atoms with Crippen LogP contribution in [-0.2, 0) is 13.0 Å². The summed E-state index contributed by atoms with van der Waals surface area (Å²) in [5.74, 6) is 0.0106. The van der Waals surface area contributed by atoms with Crippen LogP contribution in [0.2, 0.25) is 10.2 Å². The van der Waals surface area contributed by atoms with Crippen molar-refractivity contribution in [2.45, 2.75) is 19.4 Å². The highest BCUT2D eigenvalue weighted by Crippen LogP contribution is 2.24. The van der Waals surface area contributed by atoms with E-state index in [2.05, 4.69) is 31.0 Å². The van der Waals surface area contributed by atoms with Gasteiger partial charge in [0.2, 0.25) is 0 Å². The van der Waals surface area contributed by atoms with Crippen LogP contribution in [-0.4, -0.2) is 34.3 Å². The third-order valence-electron chi connectivity index (χ3n) is 5.02. The van der Waals surface area contributed by atoms with Crippen molar-refractivity contribution in [3.63, 3.8) is 0 Å². The number of hydrogen-bond donors (Lipinski definition) is 0. The van der Waals surface area contributed by atoms with Gasteiger partial charge in [0, 0.05) is 30.0 Å². The number of rotatable bonds is 6. The van der Waals surface area contributed by atoms with Crippen molar-refractivity contribution in [3.8, 4) is 0 Å². The zero-order valence-electron chi connectivity index (χ0n) is 16.0. The number of Topliss-reactive ketones (excluding diaryl/α,β-unsaturated/α-hetero) is 1. The van der Waals surface area contributed by atoms with Crippen molar-refractivity contribution >= 4 is 56.1 Å². The second-order valence-electron chi connectivity index (χ2n) is 7.11. The minimum atomic E-state index is 0.0106. The third-order valence-corrected chi connectivity index (χ3v) is 6.51. The van der Waals surface area contributed by atoms with Crippen LogP contribution in [0.15, 0.2) is 59.9 Å². The molecule has 0 aliphatic heterocycles. The van der Waals surface area contributed by atoms with Crippen molar-refractivity contribution in [2.75, 3.05) is 0 Å². The lowest BCUT2D eigenvalue weighted by molar-refractivity contribution is 0.0982. The molecule has 10 heteroatoms. The predicted molar refractivity (Wildman–Crippen MR) is 122 cm³/mol. The van der Waals surface area contributed by atoms with Gasteiger partial charge in [-0.1, -0.05) is 23.2 Å². The summed E-state index contributed by atoms with van der Waals surface area (Å²) in [6.45, 7) is 0.438. The molecule has 0 saturated heterocycles. The van der Waals surface area contributed by atoms with E-state index in [1.54, 1.807) is 33.9 Å². The fourth-order valence-electron chi connectivity index (χ4n) is 3.47. The quantitative estimate of drug-likeness (QED) is 0.232. The third kappa shape index (κ3) is 3.98. The van der Waals surface area contributed by atoms with Gasteiger partial charge >= 0.3 is 0 Å². The molecule has 0 aliphatic carbocycles. The molecule has 0 spiro atoms. The molecule has 5 aromatic rings. The van der Waals surface area contributed by atoms with Crippen molar-refractivity contribution in [1.29, 1.82) is 0 Å². The number of fused-ring (bicyclic) bond motifs is 2.